The zero-order chi connectivity index (χ0) is 11.5. The Bertz CT molecular complexity index is 233. The van der Waals surface area contributed by atoms with Crippen molar-refractivity contribution in [3.8, 4) is 0 Å². The van der Waals surface area contributed by atoms with Gasteiger partial charge in [0.25, 0.3) is 0 Å². The van der Waals surface area contributed by atoms with E-state index >= 15 is 0 Å². The molecule has 0 aromatic carbocycles. The quantitative estimate of drug-likeness (QED) is 0.378. The summed E-state index contributed by atoms with van der Waals surface area (Å²) in [4.78, 5) is 21.7. The summed E-state index contributed by atoms with van der Waals surface area (Å²) in [6, 6.07) is 0. The third-order valence-electron chi connectivity index (χ3n) is 1.33. The lowest BCUT2D eigenvalue weighted by molar-refractivity contribution is -0.119. The molecule has 5 nitrogen and oxygen atoms in total. The molecule has 0 aliphatic heterocycles. The van der Waals surface area contributed by atoms with Crippen LogP contribution in [-0.2, 0) is 14.3 Å². The van der Waals surface area contributed by atoms with E-state index in [1.54, 1.807) is 26.0 Å². The maximum absolute atomic E-state index is 10.9. The zero-order valence-electron chi connectivity index (χ0n) is 8.95. The van der Waals surface area contributed by atoms with Gasteiger partial charge in [-0.2, -0.15) is 0 Å². The molecule has 0 aromatic rings. The Morgan fingerprint density at radius 3 is 1.73 bits per heavy atom. The first-order valence-corrected chi connectivity index (χ1v) is 4.59. The Morgan fingerprint density at radius 1 is 1.00 bits per heavy atom. The highest BCUT2D eigenvalue weighted by Gasteiger charge is 1.94. The highest BCUT2D eigenvalue weighted by atomic mass is 16.5. The van der Waals surface area contributed by atoms with Crippen LogP contribution < -0.4 is 10.6 Å². The minimum absolute atomic E-state index is 0.0687. The van der Waals surface area contributed by atoms with Gasteiger partial charge in [-0.1, -0.05) is 12.2 Å². The molecule has 0 atom stereocenters. The summed E-state index contributed by atoms with van der Waals surface area (Å²) in [6.45, 7) is 3.63. The van der Waals surface area contributed by atoms with Crippen LogP contribution in [0.4, 0.5) is 0 Å². The zero-order valence-corrected chi connectivity index (χ0v) is 8.95. The maximum atomic E-state index is 10.9. The van der Waals surface area contributed by atoms with Crippen LogP contribution >= 0.6 is 0 Å². The first-order chi connectivity index (χ1) is 7.20. The lowest BCUT2D eigenvalue weighted by atomic mass is 10.5. The molecule has 0 saturated carbocycles. The SMILES string of the molecule is CC=CC(=O)NCOCNC(=O)C=CC. The molecular formula is C10H16N2O3. The van der Waals surface area contributed by atoms with E-state index in [2.05, 4.69) is 10.6 Å². The topological polar surface area (TPSA) is 67.4 Å². The van der Waals surface area contributed by atoms with Crippen LogP contribution in [-0.4, -0.2) is 25.3 Å². The molecule has 84 valence electrons. The van der Waals surface area contributed by atoms with Crippen LogP contribution in [0.2, 0.25) is 0 Å². The first-order valence-electron chi connectivity index (χ1n) is 4.59. The van der Waals surface area contributed by atoms with E-state index < -0.39 is 0 Å². The lowest BCUT2D eigenvalue weighted by Crippen LogP contribution is -2.30. The molecule has 5 heteroatoms. The van der Waals surface area contributed by atoms with Crippen LogP contribution in [0.3, 0.4) is 0 Å². The molecule has 0 unspecified atom stereocenters. The number of carbonyl (C=O) groups is 2. The van der Waals surface area contributed by atoms with Gasteiger partial charge in [-0.05, 0) is 26.0 Å². The summed E-state index contributed by atoms with van der Waals surface area (Å²) in [5, 5.41) is 4.94. The minimum Gasteiger partial charge on any atom is -0.341 e. The monoisotopic (exact) mass is 212 g/mol. The van der Waals surface area contributed by atoms with E-state index in [4.69, 9.17) is 4.74 Å². The molecule has 0 aliphatic carbocycles. The second kappa shape index (κ2) is 8.96. The van der Waals surface area contributed by atoms with Gasteiger partial charge in [0.1, 0.15) is 13.5 Å². The molecule has 0 saturated heterocycles. The van der Waals surface area contributed by atoms with Crippen molar-refractivity contribution < 1.29 is 14.3 Å². The van der Waals surface area contributed by atoms with Crippen molar-refractivity contribution in [3.05, 3.63) is 24.3 Å². The Hall–Kier alpha value is -1.62. The molecule has 15 heavy (non-hydrogen) atoms. The average Bonchev–Trinajstić information content (AvgIpc) is 2.18. The van der Waals surface area contributed by atoms with Gasteiger partial charge in [0.2, 0.25) is 11.8 Å². The van der Waals surface area contributed by atoms with E-state index in [1.165, 1.54) is 12.2 Å². The van der Waals surface area contributed by atoms with E-state index in [0.29, 0.717) is 0 Å². The molecule has 2 amide bonds. The summed E-state index contributed by atoms with van der Waals surface area (Å²) < 4.78 is 4.94. The predicted molar refractivity (Wildman–Crippen MR) is 56.7 cm³/mol. The van der Waals surface area contributed by atoms with Gasteiger partial charge in [0.05, 0.1) is 0 Å². The number of nitrogens with one attached hydrogen (secondary N) is 2. The largest absolute Gasteiger partial charge is 0.341 e. The third-order valence-corrected chi connectivity index (χ3v) is 1.33. The molecule has 0 aromatic heterocycles. The Balaban J connectivity index is 3.40. The van der Waals surface area contributed by atoms with Crippen LogP contribution in [0.1, 0.15) is 13.8 Å². The Kier molecular flexibility index (Phi) is 7.99. The Morgan fingerprint density at radius 2 is 1.40 bits per heavy atom. The maximum Gasteiger partial charge on any atom is 0.245 e. The van der Waals surface area contributed by atoms with Gasteiger partial charge in [-0.25, -0.2) is 0 Å². The second-order valence-electron chi connectivity index (χ2n) is 2.57. The normalized spacial score (nSPS) is 10.8. The van der Waals surface area contributed by atoms with E-state index in [-0.39, 0.29) is 25.3 Å². The highest BCUT2D eigenvalue weighted by molar-refractivity contribution is 5.87. The molecule has 0 fully saturated rings. The predicted octanol–water partition coefficient (Wildman–Crippen LogP) is 0.303. The fourth-order valence-electron chi connectivity index (χ4n) is 0.716. The number of allylic oxidation sites excluding steroid dienone is 2. The fraction of sp³-hybridized carbons (Fsp3) is 0.400. The van der Waals surface area contributed by atoms with Crippen LogP contribution in [0.5, 0.6) is 0 Å². The van der Waals surface area contributed by atoms with Crippen molar-refractivity contribution in [2.45, 2.75) is 13.8 Å². The van der Waals surface area contributed by atoms with E-state index in [0.717, 1.165) is 0 Å². The van der Waals surface area contributed by atoms with Crippen molar-refractivity contribution in [2.24, 2.45) is 0 Å². The van der Waals surface area contributed by atoms with Crippen molar-refractivity contribution in [3.63, 3.8) is 0 Å². The average molecular weight is 212 g/mol. The van der Waals surface area contributed by atoms with Crippen molar-refractivity contribution in [1.82, 2.24) is 10.6 Å². The smallest absolute Gasteiger partial charge is 0.245 e. The molecule has 0 spiro atoms. The number of carbonyl (C=O) groups excluding carboxylic acids is 2. The van der Waals surface area contributed by atoms with Crippen LogP contribution in [0.25, 0.3) is 0 Å². The third kappa shape index (κ3) is 8.70. The van der Waals surface area contributed by atoms with Crippen molar-refractivity contribution in [2.75, 3.05) is 13.5 Å². The summed E-state index contributed by atoms with van der Waals surface area (Å²) in [6.07, 6.45) is 6.04. The van der Waals surface area contributed by atoms with Crippen molar-refractivity contribution in [1.29, 1.82) is 0 Å². The number of hydrogen-bond acceptors (Lipinski definition) is 3. The van der Waals surface area contributed by atoms with Crippen LogP contribution in [0, 0.1) is 0 Å². The van der Waals surface area contributed by atoms with E-state index in [9.17, 15) is 9.59 Å². The van der Waals surface area contributed by atoms with Crippen LogP contribution in [0.15, 0.2) is 24.3 Å². The molecule has 2 N–H and O–H groups in total. The van der Waals surface area contributed by atoms with Gasteiger partial charge in [-0.3, -0.25) is 9.59 Å². The highest BCUT2D eigenvalue weighted by Crippen LogP contribution is 1.75. The minimum atomic E-state index is -0.225. The fourth-order valence-corrected chi connectivity index (χ4v) is 0.716. The van der Waals surface area contributed by atoms with Gasteiger partial charge >= 0.3 is 0 Å². The lowest BCUT2D eigenvalue weighted by Gasteiger charge is -2.04. The summed E-state index contributed by atoms with van der Waals surface area (Å²) >= 11 is 0. The van der Waals surface area contributed by atoms with Gasteiger partial charge in [0.15, 0.2) is 0 Å². The first kappa shape index (κ1) is 13.4. The summed E-state index contributed by atoms with van der Waals surface area (Å²) in [5.41, 5.74) is 0. The van der Waals surface area contributed by atoms with E-state index in [1.807, 2.05) is 0 Å². The Labute approximate surface area is 89.2 Å². The van der Waals surface area contributed by atoms with Gasteiger partial charge < -0.3 is 15.4 Å². The summed E-state index contributed by atoms with van der Waals surface area (Å²) in [5.74, 6) is -0.449. The number of hydrogen-bond donors (Lipinski definition) is 2. The second-order valence-corrected chi connectivity index (χ2v) is 2.57. The van der Waals surface area contributed by atoms with Gasteiger partial charge in [-0.15, -0.1) is 0 Å². The van der Waals surface area contributed by atoms with Gasteiger partial charge in [0, 0.05) is 0 Å². The summed E-state index contributed by atoms with van der Waals surface area (Å²) in [7, 11) is 0. The standard InChI is InChI=1S/C10H16N2O3/c1-3-5-9(13)11-7-15-8-12-10(14)6-4-2/h3-6H,7-8H2,1-2H3,(H,11,13)(H,12,14). The molecular weight excluding hydrogens is 196 g/mol. The molecule has 0 bridgehead atoms. The molecule has 0 heterocycles. The molecule has 0 radical (unpaired) electrons. The molecule has 0 aliphatic rings. The number of amides is 2. The molecule has 0 rings (SSSR count). The number of rotatable bonds is 6. The van der Waals surface area contributed by atoms with Crippen molar-refractivity contribution >= 4 is 11.8 Å². The number of ether oxygens (including phenoxy) is 1.